The zero-order chi connectivity index (χ0) is 26.6. The van der Waals surface area contributed by atoms with E-state index < -0.39 is 0 Å². The highest BCUT2D eigenvalue weighted by atomic mass is 16.5. The number of primary amides is 1. The summed E-state index contributed by atoms with van der Waals surface area (Å²) >= 11 is 0. The summed E-state index contributed by atoms with van der Waals surface area (Å²) in [7, 11) is 0. The topological polar surface area (TPSA) is 107 Å². The first kappa shape index (κ1) is 24.6. The Balaban J connectivity index is 1.17. The number of carbonyl (C=O) groups is 1. The van der Waals surface area contributed by atoms with Gasteiger partial charge < -0.3 is 20.2 Å². The molecule has 3 heterocycles. The van der Waals surface area contributed by atoms with Crippen LogP contribution in [0.4, 0.5) is 11.5 Å². The molecular weight excluding hydrogens is 490 g/mol. The minimum Gasteiger partial charge on any atom is -0.489 e. The van der Waals surface area contributed by atoms with Gasteiger partial charge in [0.1, 0.15) is 36.0 Å². The third kappa shape index (κ3) is 5.61. The van der Waals surface area contributed by atoms with Crippen LogP contribution in [-0.2, 0) is 17.9 Å². The van der Waals surface area contributed by atoms with E-state index in [1.807, 2.05) is 84.9 Å². The normalized spacial score (nSPS) is 15.4. The monoisotopic (exact) mass is 519 g/mol. The van der Waals surface area contributed by atoms with Crippen molar-refractivity contribution in [1.29, 1.82) is 0 Å². The lowest BCUT2D eigenvalue weighted by Gasteiger charge is -2.20. The number of carbonyl (C=O) groups excluding carboxylic acids is 1. The number of rotatable bonds is 9. The summed E-state index contributed by atoms with van der Waals surface area (Å²) in [4.78, 5) is 22.8. The van der Waals surface area contributed by atoms with Crippen molar-refractivity contribution in [3.05, 3.63) is 103 Å². The summed E-state index contributed by atoms with van der Waals surface area (Å²) in [5.41, 5.74) is 9.33. The van der Waals surface area contributed by atoms with Gasteiger partial charge in [0.25, 0.3) is 0 Å². The first-order chi connectivity index (χ1) is 19.1. The third-order valence-electron chi connectivity index (χ3n) is 7.00. The summed E-state index contributed by atoms with van der Waals surface area (Å²) < 4.78 is 12.1. The van der Waals surface area contributed by atoms with E-state index in [0.717, 1.165) is 64.4 Å². The molecule has 0 unspecified atom stereocenters. The van der Waals surface area contributed by atoms with E-state index in [1.54, 1.807) is 6.33 Å². The lowest BCUT2D eigenvalue weighted by molar-refractivity contribution is -0.122. The van der Waals surface area contributed by atoms with Crippen LogP contribution in [0.2, 0.25) is 0 Å². The molecule has 0 saturated carbocycles. The van der Waals surface area contributed by atoms with Crippen molar-refractivity contribution in [3.63, 3.8) is 0 Å². The van der Waals surface area contributed by atoms with Gasteiger partial charge in [0.2, 0.25) is 5.91 Å². The Morgan fingerprint density at radius 1 is 1.03 bits per heavy atom. The summed E-state index contributed by atoms with van der Waals surface area (Å²) in [5, 5.41) is 4.29. The number of fused-ring (bicyclic) bond motifs is 1. The Bertz CT molecular complexity index is 1580. The SMILES string of the molecule is NC(=O)[C@@H]1CCCN1Cc1ccc(-c2ccc3ncnc(Nc4ccc(OCc5ccccc5)cc4)c3c2)o1. The second kappa shape index (κ2) is 11.0. The highest BCUT2D eigenvalue weighted by Gasteiger charge is 2.29. The lowest BCUT2D eigenvalue weighted by Crippen LogP contribution is -2.39. The number of likely N-dealkylation sites (tertiary alicyclic amines) is 1. The van der Waals surface area contributed by atoms with Gasteiger partial charge in [-0.25, -0.2) is 9.97 Å². The van der Waals surface area contributed by atoms with Gasteiger partial charge in [0.15, 0.2) is 0 Å². The second-order valence-corrected chi connectivity index (χ2v) is 9.67. The number of ether oxygens (including phenoxy) is 1. The van der Waals surface area contributed by atoms with E-state index >= 15 is 0 Å². The Hall–Kier alpha value is -4.69. The standard InChI is InChI=1S/C31H29N5O3/c32-30(37)28-7-4-16-36(28)18-25-13-15-29(39-25)22-8-14-27-26(17-22)31(34-20-33-27)35-23-9-11-24(12-10-23)38-19-21-5-2-1-3-6-21/h1-3,5-6,8-15,17,20,28H,4,7,16,18-19H2,(H2,32,37)(H,33,34,35)/t28-/m0/s1. The van der Waals surface area contributed by atoms with Gasteiger partial charge in [0.05, 0.1) is 18.1 Å². The van der Waals surface area contributed by atoms with Crippen LogP contribution < -0.4 is 15.8 Å². The first-order valence-corrected chi connectivity index (χ1v) is 13.0. The molecule has 0 bridgehead atoms. The van der Waals surface area contributed by atoms with Crippen molar-refractivity contribution >= 4 is 28.3 Å². The highest BCUT2D eigenvalue weighted by Crippen LogP contribution is 2.31. The van der Waals surface area contributed by atoms with E-state index in [0.29, 0.717) is 19.0 Å². The number of amides is 1. The van der Waals surface area contributed by atoms with Crippen LogP contribution in [0.3, 0.4) is 0 Å². The van der Waals surface area contributed by atoms with Crippen molar-refractivity contribution in [1.82, 2.24) is 14.9 Å². The average Bonchev–Trinajstić information content (AvgIpc) is 3.63. The number of nitrogens with zero attached hydrogens (tertiary/aromatic N) is 3. The van der Waals surface area contributed by atoms with Crippen LogP contribution in [0.25, 0.3) is 22.2 Å². The zero-order valence-electron chi connectivity index (χ0n) is 21.4. The van der Waals surface area contributed by atoms with E-state index in [1.165, 1.54) is 0 Å². The summed E-state index contributed by atoms with van der Waals surface area (Å²) in [5.74, 6) is 2.77. The van der Waals surface area contributed by atoms with E-state index in [4.69, 9.17) is 14.9 Å². The van der Waals surface area contributed by atoms with Gasteiger partial charge in [0, 0.05) is 16.6 Å². The molecule has 196 valence electrons. The lowest BCUT2D eigenvalue weighted by atomic mass is 10.1. The molecule has 1 saturated heterocycles. The maximum atomic E-state index is 11.7. The molecule has 3 N–H and O–H groups in total. The van der Waals surface area contributed by atoms with E-state index in [9.17, 15) is 4.79 Å². The maximum absolute atomic E-state index is 11.7. The molecule has 0 spiro atoms. The molecule has 1 aliphatic heterocycles. The molecule has 8 nitrogen and oxygen atoms in total. The maximum Gasteiger partial charge on any atom is 0.234 e. The van der Waals surface area contributed by atoms with Gasteiger partial charge >= 0.3 is 0 Å². The molecule has 8 heteroatoms. The molecule has 1 amide bonds. The molecule has 6 rings (SSSR count). The number of hydrogen-bond acceptors (Lipinski definition) is 7. The molecule has 39 heavy (non-hydrogen) atoms. The number of nitrogens with one attached hydrogen (secondary N) is 1. The highest BCUT2D eigenvalue weighted by molar-refractivity contribution is 5.93. The second-order valence-electron chi connectivity index (χ2n) is 9.67. The van der Waals surface area contributed by atoms with Gasteiger partial charge in [-0.15, -0.1) is 0 Å². The third-order valence-corrected chi connectivity index (χ3v) is 7.00. The predicted octanol–water partition coefficient (Wildman–Crippen LogP) is 5.66. The minimum atomic E-state index is -0.275. The van der Waals surface area contributed by atoms with Crippen LogP contribution >= 0.6 is 0 Å². The number of anilines is 2. The largest absolute Gasteiger partial charge is 0.489 e. The number of aromatic nitrogens is 2. The van der Waals surface area contributed by atoms with Crippen molar-refractivity contribution < 1.29 is 13.9 Å². The van der Waals surface area contributed by atoms with Crippen LogP contribution in [0, 0.1) is 0 Å². The van der Waals surface area contributed by atoms with Crippen LogP contribution in [-0.4, -0.2) is 33.4 Å². The Kier molecular flexibility index (Phi) is 6.93. The molecule has 0 radical (unpaired) electrons. The first-order valence-electron chi connectivity index (χ1n) is 13.0. The zero-order valence-corrected chi connectivity index (χ0v) is 21.4. The molecule has 3 aromatic carbocycles. The minimum absolute atomic E-state index is 0.227. The number of hydrogen-bond donors (Lipinski definition) is 2. The quantitative estimate of drug-likeness (QED) is 0.259. The Morgan fingerprint density at radius 3 is 2.69 bits per heavy atom. The summed E-state index contributed by atoms with van der Waals surface area (Å²) in [6.45, 7) is 1.92. The van der Waals surface area contributed by atoms with Crippen molar-refractivity contribution in [2.75, 3.05) is 11.9 Å². The van der Waals surface area contributed by atoms with Crippen molar-refractivity contribution in [2.24, 2.45) is 5.73 Å². The molecule has 5 aromatic rings. The van der Waals surface area contributed by atoms with Gasteiger partial charge in [-0.1, -0.05) is 30.3 Å². The molecule has 0 aliphatic carbocycles. The molecule has 1 aliphatic rings. The molecule has 1 atom stereocenters. The molecule has 1 fully saturated rings. The van der Waals surface area contributed by atoms with E-state index in [2.05, 4.69) is 20.2 Å². The average molecular weight is 520 g/mol. The van der Waals surface area contributed by atoms with Gasteiger partial charge in [-0.05, 0) is 79.5 Å². The van der Waals surface area contributed by atoms with Crippen molar-refractivity contribution in [3.8, 4) is 17.1 Å². The number of benzene rings is 3. The van der Waals surface area contributed by atoms with Crippen LogP contribution in [0.15, 0.2) is 95.7 Å². The fraction of sp³-hybridized carbons (Fsp3) is 0.194. The van der Waals surface area contributed by atoms with Gasteiger partial charge in [-0.3, -0.25) is 9.69 Å². The fourth-order valence-electron chi connectivity index (χ4n) is 4.98. The Morgan fingerprint density at radius 2 is 1.87 bits per heavy atom. The number of nitrogens with two attached hydrogens (primary N) is 1. The van der Waals surface area contributed by atoms with Gasteiger partial charge in [-0.2, -0.15) is 0 Å². The summed E-state index contributed by atoms with van der Waals surface area (Å²) in [6.07, 6.45) is 3.32. The fourth-order valence-corrected chi connectivity index (χ4v) is 4.98. The van der Waals surface area contributed by atoms with Crippen LogP contribution in [0.1, 0.15) is 24.2 Å². The smallest absolute Gasteiger partial charge is 0.234 e. The summed E-state index contributed by atoms with van der Waals surface area (Å²) in [6, 6.07) is 27.6. The Labute approximate surface area is 226 Å². The van der Waals surface area contributed by atoms with E-state index in [-0.39, 0.29) is 11.9 Å². The number of furan rings is 1. The van der Waals surface area contributed by atoms with Crippen molar-refractivity contribution in [2.45, 2.75) is 32.0 Å². The molecular formula is C31H29N5O3. The molecule has 2 aromatic heterocycles. The predicted molar refractivity (Wildman–Crippen MR) is 150 cm³/mol. The van der Waals surface area contributed by atoms with Crippen LogP contribution in [0.5, 0.6) is 5.75 Å².